The van der Waals surface area contributed by atoms with Crippen molar-refractivity contribution in [2.75, 3.05) is 46.6 Å². The Morgan fingerprint density at radius 1 is 1.21 bits per heavy atom. The van der Waals surface area contributed by atoms with Crippen molar-refractivity contribution in [2.45, 2.75) is 13.5 Å². The van der Waals surface area contributed by atoms with Crippen LogP contribution in [0.2, 0.25) is 5.02 Å². The van der Waals surface area contributed by atoms with Crippen LogP contribution in [0.15, 0.2) is 32.8 Å². The lowest BCUT2D eigenvalue weighted by atomic mass is 10.1. The number of carbonyl (C=O) groups excluding carboxylic acids is 4. The highest BCUT2D eigenvalue weighted by Gasteiger charge is 2.35. The average Bonchev–Trinajstić information content (AvgIpc) is 3.51. The second-order valence-corrected chi connectivity index (χ2v) is 9.44. The van der Waals surface area contributed by atoms with Gasteiger partial charge in [-0.2, -0.15) is 0 Å². The standard InChI is InChI=1S/C25H25BrClN3O9/c1-3-37-18-11-14(20(26)21(27)22(18)38-13-19(31)29-6-8-36-9-7-29)10-16-23(32)30(25(34)28-16)12-15-4-5-17(39-15)24(33)35-2/h4-5,10-11H,3,6-9,12-13H2,1-2H3,(H,28,34)/b16-10-. The Morgan fingerprint density at radius 2 is 1.95 bits per heavy atom. The summed E-state index contributed by atoms with van der Waals surface area (Å²) in [6.07, 6.45) is 1.43. The van der Waals surface area contributed by atoms with Crippen molar-refractivity contribution in [2.24, 2.45) is 0 Å². The summed E-state index contributed by atoms with van der Waals surface area (Å²) >= 11 is 9.99. The smallest absolute Gasteiger partial charge is 0.373 e. The Hall–Kier alpha value is -3.55. The summed E-state index contributed by atoms with van der Waals surface area (Å²) in [5, 5.41) is 2.65. The maximum Gasteiger partial charge on any atom is 0.373 e. The molecule has 2 aliphatic rings. The van der Waals surface area contributed by atoms with E-state index in [0.717, 1.165) is 4.90 Å². The second kappa shape index (κ2) is 12.5. The molecule has 1 aromatic carbocycles. The van der Waals surface area contributed by atoms with E-state index in [2.05, 4.69) is 26.0 Å². The number of hydrogen-bond donors (Lipinski definition) is 1. The minimum Gasteiger partial charge on any atom is -0.490 e. The van der Waals surface area contributed by atoms with E-state index in [4.69, 9.17) is 30.2 Å². The molecule has 0 aliphatic carbocycles. The number of carbonyl (C=O) groups is 4. The predicted octanol–water partition coefficient (Wildman–Crippen LogP) is 3.21. The van der Waals surface area contributed by atoms with E-state index in [1.165, 1.54) is 25.3 Å². The number of halogens is 2. The zero-order valence-corrected chi connectivity index (χ0v) is 23.4. The summed E-state index contributed by atoms with van der Waals surface area (Å²) in [4.78, 5) is 52.3. The third-order valence-corrected chi connectivity index (χ3v) is 7.23. The Bertz CT molecular complexity index is 1320. The molecule has 1 N–H and O–H groups in total. The fraction of sp³-hybridized carbons (Fsp3) is 0.360. The van der Waals surface area contributed by atoms with Crippen molar-refractivity contribution in [3.8, 4) is 11.5 Å². The third-order valence-electron chi connectivity index (χ3n) is 5.78. The lowest BCUT2D eigenvalue weighted by Gasteiger charge is -2.27. The van der Waals surface area contributed by atoms with Gasteiger partial charge in [-0.25, -0.2) is 9.59 Å². The molecule has 4 amide bonds. The fourth-order valence-electron chi connectivity index (χ4n) is 3.84. The van der Waals surface area contributed by atoms with Gasteiger partial charge >= 0.3 is 12.0 Å². The maximum atomic E-state index is 13.0. The number of nitrogens with zero attached hydrogens (tertiary/aromatic N) is 2. The fourth-order valence-corrected chi connectivity index (χ4v) is 4.51. The van der Waals surface area contributed by atoms with Crippen molar-refractivity contribution in [1.82, 2.24) is 15.1 Å². The highest BCUT2D eigenvalue weighted by molar-refractivity contribution is 9.10. The van der Waals surface area contributed by atoms with E-state index in [0.29, 0.717) is 36.3 Å². The SMILES string of the molecule is CCOc1cc(/C=C2\NC(=O)N(Cc3ccc(C(=O)OC)o3)C2=O)c(Br)c(Cl)c1OCC(=O)N1CCOCC1. The highest BCUT2D eigenvalue weighted by atomic mass is 79.9. The number of urea groups is 1. The Labute approximate surface area is 236 Å². The van der Waals surface area contributed by atoms with Gasteiger partial charge in [-0.3, -0.25) is 14.5 Å². The largest absolute Gasteiger partial charge is 0.490 e. The number of esters is 1. The summed E-state index contributed by atoms with van der Waals surface area (Å²) in [6, 6.07) is 3.78. The molecule has 2 fully saturated rings. The van der Waals surface area contributed by atoms with E-state index in [1.807, 2.05) is 0 Å². The second-order valence-electron chi connectivity index (χ2n) is 8.27. The molecule has 2 saturated heterocycles. The molecule has 39 heavy (non-hydrogen) atoms. The van der Waals surface area contributed by atoms with Crippen molar-refractivity contribution >= 4 is 57.4 Å². The van der Waals surface area contributed by atoms with Crippen LogP contribution in [0.5, 0.6) is 11.5 Å². The molecule has 0 atom stereocenters. The molecule has 1 aromatic heterocycles. The van der Waals surface area contributed by atoms with Crippen LogP contribution >= 0.6 is 27.5 Å². The molecule has 208 valence electrons. The van der Waals surface area contributed by atoms with Gasteiger partial charge < -0.3 is 33.6 Å². The molecule has 2 aliphatic heterocycles. The number of amides is 4. The molecule has 2 aromatic rings. The number of imide groups is 1. The third kappa shape index (κ3) is 6.37. The van der Waals surface area contributed by atoms with Crippen molar-refractivity contribution < 1.29 is 42.5 Å². The van der Waals surface area contributed by atoms with Crippen LogP contribution < -0.4 is 14.8 Å². The van der Waals surface area contributed by atoms with Crippen LogP contribution in [0.3, 0.4) is 0 Å². The number of furan rings is 1. The zero-order chi connectivity index (χ0) is 28.1. The number of rotatable bonds is 9. The van der Waals surface area contributed by atoms with Crippen LogP contribution in [0, 0.1) is 0 Å². The monoisotopic (exact) mass is 625 g/mol. The maximum absolute atomic E-state index is 13.0. The van der Waals surface area contributed by atoms with Crippen LogP contribution in [-0.2, 0) is 25.6 Å². The summed E-state index contributed by atoms with van der Waals surface area (Å²) < 4.78 is 27.0. The molecule has 0 unspecified atom stereocenters. The molecule has 0 spiro atoms. The van der Waals surface area contributed by atoms with Crippen molar-refractivity contribution in [3.05, 3.63) is 50.5 Å². The van der Waals surface area contributed by atoms with Crippen LogP contribution in [0.4, 0.5) is 4.79 Å². The number of methoxy groups -OCH3 is 1. The van der Waals surface area contributed by atoms with Gasteiger partial charge in [-0.15, -0.1) is 0 Å². The first-order valence-electron chi connectivity index (χ1n) is 11.9. The molecule has 0 saturated carbocycles. The van der Waals surface area contributed by atoms with E-state index in [9.17, 15) is 19.2 Å². The molecule has 12 nitrogen and oxygen atoms in total. The average molecular weight is 627 g/mol. The molecular weight excluding hydrogens is 602 g/mol. The molecule has 0 radical (unpaired) electrons. The molecule has 14 heteroatoms. The zero-order valence-electron chi connectivity index (χ0n) is 21.1. The molecular formula is C25H25BrClN3O9. The minimum atomic E-state index is -0.677. The van der Waals surface area contributed by atoms with Gasteiger partial charge in [0, 0.05) is 17.6 Å². The Kier molecular flexibility index (Phi) is 9.15. The molecule has 0 bridgehead atoms. The number of ether oxygens (including phenoxy) is 4. The van der Waals surface area contributed by atoms with Gasteiger partial charge in [-0.05, 0) is 52.7 Å². The van der Waals surface area contributed by atoms with Crippen LogP contribution in [-0.4, -0.2) is 80.2 Å². The summed E-state index contributed by atoms with van der Waals surface area (Å²) in [6.45, 7) is 3.50. The summed E-state index contributed by atoms with van der Waals surface area (Å²) in [7, 11) is 1.21. The highest BCUT2D eigenvalue weighted by Crippen LogP contribution is 2.43. The van der Waals surface area contributed by atoms with E-state index >= 15 is 0 Å². The summed E-state index contributed by atoms with van der Waals surface area (Å²) in [5.41, 5.74) is 0.405. The van der Waals surface area contributed by atoms with E-state index in [1.54, 1.807) is 17.9 Å². The lowest BCUT2D eigenvalue weighted by Crippen LogP contribution is -2.43. The van der Waals surface area contributed by atoms with Crippen molar-refractivity contribution in [1.29, 1.82) is 0 Å². The van der Waals surface area contributed by atoms with E-state index in [-0.39, 0.29) is 59.4 Å². The lowest BCUT2D eigenvalue weighted by molar-refractivity contribution is -0.137. The summed E-state index contributed by atoms with van der Waals surface area (Å²) in [5.74, 6) is -0.919. The predicted molar refractivity (Wildman–Crippen MR) is 140 cm³/mol. The number of hydrogen-bond acceptors (Lipinski definition) is 9. The van der Waals surface area contributed by atoms with Gasteiger partial charge in [0.2, 0.25) is 5.76 Å². The van der Waals surface area contributed by atoms with Gasteiger partial charge in [0.15, 0.2) is 18.1 Å². The normalized spacial score (nSPS) is 16.5. The van der Waals surface area contributed by atoms with Gasteiger partial charge in [-0.1, -0.05) is 11.6 Å². The van der Waals surface area contributed by atoms with Crippen LogP contribution in [0.1, 0.15) is 28.8 Å². The topological polar surface area (TPSA) is 137 Å². The molecule has 3 heterocycles. The van der Waals surface area contributed by atoms with Gasteiger partial charge in [0.1, 0.15) is 16.5 Å². The first kappa shape index (κ1) is 28.5. The number of nitrogens with one attached hydrogen (secondary N) is 1. The molecule has 4 rings (SSSR count). The Balaban J connectivity index is 1.53. The number of benzene rings is 1. The first-order chi connectivity index (χ1) is 18.7. The van der Waals surface area contributed by atoms with Crippen molar-refractivity contribution in [3.63, 3.8) is 0 Å². The minimum absolute atomic E-state index is 0.0184. The van der Waals surface area contributed by atoms with Gasteiger partial charge in [0.25, 0.3) is 11.8 Å². The van der Waals surface area contributed by atoms with E-state index < -0.39 is 17.9 Å². The first-order valence-corrected chi connectivity index (χ1v) is 13.0. The quantitative estimate of drug-likeness (QED) is 0.253. The number of morpholine rings is 1. The Morgan fingerprint density at radius 3 is 2.64 bits per heavy atom. The van der Waals surface area contributed by atoms with Crippen LogP contribution in [0.25, 0.3) is 6.08 Å². The van der Waals surface area contributed by atoms with Gasteiger partial charge in [0.05, 0.1) is 33.5 Å².